The summed E-state index contributed by atoms with van der Waals surface area (Å²) in [5, 5.41) is 0. The second kappa shape index (κ2) is 14.9. The predicted octanol–water partition coefficient (Wildman–Crippen LogP) is 5.62. The van der Waals surface area contributed by atoms with E-state index in [4.69, 9.17) is 9.47 Å². The molecule has 164 valence electrons. The number of carbonyl (C=O) groups is 2. The van der Waals surface area contributed by atoms with E-state index in [9.17, 15) is 9.59 Å². The normalized spacial score (nSPS) is 11.7. The lowest BCUT2D eigenvalue weighted by Crippen LogP contribution is -2.25. The van der Waals surface area contributed by atoms with Crippen LogP contribution in [0.25, 0.3) is 0 Å². The molecule has 0 amide bonds. The minimum Gasteiger partial charge on any atom is -0.462 e. The van der Waals surface area contributed by atoms with Crippen LogP contribution in [0.4, 0.5) is 5.69 Å². The topological polar surface area (TPSA) is 55.8 Å². The fourth-order valence-corrected chi connectivity index (χ4v) is 2.95. The number of nitrogens with zero attached hydrogens (tertiary/aromatic N) is 1. The molecular formula is C24H39NO4. The fraction of sp³-hybridized carbons (Fsp3) is 0.667. The molecule has 0 fully saturated rings. The van der Waals surface area contributed by atoms with Gasteiger partial charge in [-0.25, -0.2) is 4.79 Å². The van der Waals surface area contributed by atoms with Gasteiger partial charge in [0.1, 0.15) is 13.2 Å². The molecule has 0 aliphatic heterocycles. The minimum absolute atomic E-state index is 0.0723. The Morgan fingerprint density at radius 1 is 0.862 bits per heavy atom. The van der Waals surface area contributed by atoms with E-state index in [1.54, 1.807) is 0 Å². The van der Waals surface area contributed by atoms with Gasteiger partial charge in [0.05, 0.1) is 11.5 Å². The van der Waals surface area contributed by atoms with Gasteiger partial charge in [-0.05, 0) is 43.5 Å². The van der Waals surface area contributed by atoms with Crippen molar-refractivity contribution in [3.63, 3.8) is 0 Å². The molecule has 0 saturated carbocycles. The molecule has 1 atom stereocenters. The van der Waals surface area contributed by atoms with Gasteiger partial charge in [-0.15, -0.1) is 0 Å². The van der Waals surface area contributed by atoms with Gasteiger partial charge in [0.2, 0.25) is 0 Å². The summed E-state index contributed by atoms with van der Waals surface area (Å²) in [6.45, 7) is 10.4. The summed E-state index contributed by atoms with van der Waals surface area (Å²) in [5.41, 5.74) is 1.67. The van der Waals surface area contributed by atoms with Crippen molar-refractivity contribution in [1.82, 2.24) is 0 Å². The van der Waals surface area contributed by atoms with Crippen molar-refractivity contribution < 1.29 is 19.1 Å². The Morgan fingerprint density at radius 3 is 1.93 bits per heavy atom. The van der Waals surface area contributed by atoms with Crippen LogP contribution < -0.4 is 4.90 Å². The number of ether oxygens (including phenoxy) is 2. The van der Waals surface area contributed by atoms with Crippen LogP contribution in [0, 0.1) is 5.92 Å². The molecule has 1 rings (SSSR count). The van der Waals surface area contributed by atoms with E-state index in [0.29, 0.717) is 5.56 Å². The summed E-state index contributed by atoms with van der Waals surface area (Å²) in [7, 11) is 0. The zero-order valence-corrected chi connectivity index (χ0v) is 18.7. The molecule has 5 heteroatoms. The van der Waals surface area contributed by atoms with Gasteiger partial charge in [0.25, 0.3) is 0 Å². The Hall–Kier alpha value is -2.04. The lowest BCUT2D eigenvalue weighted by atomic mass is 10.1. The maximum atomic E-state index is 12.2. The molecule has 1 aromatic rings. The summed E-state index contributed by atoms with van der Waals surface area (Å²) in [6, 6.07) is 7.62. The van der Waals surface area contributed by atoms with Crippen LogP contribution in [0.1, 0.15) is 83.0 Å². The molecular weight excluding hydrogens is 366 g/mol. The number of esters is 2. The second-order valence-corrected chi connectivity index (χ2v) is 7.56. The van der Waals surface area contributed by atoms with E-state index in [1.165, 1.54) is 38.5 Å². The van der Waals surface area contributed by atoms with E-state index in [-0.39, 0.29) is 31.1 Å². The Labute approximate surface area is 176 Å². The molecule has 0 radical (unpaired) electrons. The molecule has 29 heavy (non-hydrogen) atoms. The summed E-state index contributed by atoms with van der Waals surface area (Å²) in [6.07, 6.45) is 7.98. The first-order valence-corrected chi connectivity index (χ1v) is 11.2. The van der Waals surface area contributed by atoms with Crippen molar-refractivity contribution >= 4 is 17.6 Å². The zero-order chi connectivity index (χ0) is 21.5. The van der Waals surface area contributed by atoms with Gasteiger partial charge in [0.15, 0.2) is 0 Å². The molecule has 1 aromatic carbocycles. The first-order chi connectivity index (χ1) is 14.0. The summed E-state index contributed by atoms with van der Waals surface area (Å²) in [4.78, 5) is 26.2. The Balaban J connectivity index is 2.53. The first-order valence-electron chi connectivity index (χ1n) is 11.2. The Bertz CT molecular complexity index is 575. The van der Waals surface area contributed by atoms with E-state index >= 15 is 0 Å². The van der Waals surface area contributed by atoms with E-state index < -0.39 is 0 Å². The Morgan fingerprint density at radius 2 is 1.41 bits per heavy atom. The Kier molecular flexibility index (Phi) is 12.8. The summed E-state index contributed by atoms with van der Waals surface area (Å²) in [5.74, 6) is -0.769. The van der Waals surface area contributed by atoms with Gasteiger partial charge in [-0.3, -0.25) is 4.79 Å². The molecule has 1 unspecified atom stereocenters. The second-order valence-electron chi connectivity index (χ2n) is 7.56. The number of anilines is 1. The van der Waals surface area contributed by atoms with E-state index in [0.717, 1.165) is 25.2 Å². The van der Waals surface area contributed by atoms with Crippen molar-refractivity contribution in [3.8, 4) is 0 Å². The molecule has 0 bridgehead atoms. The maximum absolute atomic E-state index is 12.2. The molecule has 0 aromatic heterocycles. The third-order valence-corrected chi connectivity index (χ3v) is 5.11. The molecule has 0 heterocycles. The van der Waals surface area contributed by atoms with Gasteiger partial charge in [0, 0.05) is 18.8 Å². The highest BCUT2D eigenvalue weighted by Crippen LogP contribution is 2.18. The third kappa shape index (κ3) is 9.82. The highest BCUT2D eigenvalue weighted by molar-refractivity contribution is 5.89. The number of unbranched alkanes of at least 4 members (excludes halogenated alkanes) is 4. The van der Waals surface area contributed by atoms with Crippen molar-refractivity contribution in [2.45, 2.75) is 72.6 Å². The van der Waals surface area contributed by atoms with Crippen LogP contribution in [-0.4, -0.2) is 38.2 Å². The standard InChI is InChI=1S/C24H39NO4/c1-5-8-10-16-25(17-11-9-6-2)22-14-12-21(13-15-22)24(27)29-19-18-28-23(26)20(4)7-3/h12-15,20H,5-11,16-19H2,1-4H3. The minimum atomic E-state index is -0.389. The molecule has 0 aliphatic carbocycles. The first kappa shape index (κ1) is 25.0. The SMILES string of the molecule is CCCCCN(CCCCC)c1ccc(C(=O)OCCOC(=O)C(C)CC)cc1. The lowest BCUT2D eigenvalue weighted by molar-refractivity contribution is -0.149. The molecule has 0 N–H and O–H groups in total. The average Bonchev–Trinajstić information content (AvgIpc) is 2.75. The monoisotopic (exact) mass is 405 g/mol. The number of hydrogen-bond donors (Lipinski definition) is 0. The molecule has 5 nitrogen and oxygen atoms in total. The predicted molar refractivity (Wildman–Crippen MR) is 118 cm³/mol. The summed E-state index contributed by atoms with van der Waals surface area (Å²) >= 11 is 0. The smallest absolute Gasteiger partial charge is 0.338 e. The van der Waals surface area contributed by atoms with Crippen LogP contribution >= 0.6 is 0 Å². The van der Waals surface area contributed by atoms with Crippen molar-refractivity contribution in [2.75, 3.05) is 31.2 Å². The van der Waals surface area contributed by atoms with Crippen LogP contribution in [0.2, 0.25) is 0 Å². The largest absolute Gasteiger partial charge is 0.462 e. The number of carbonyl (C=O) groups excluding carboxylic acids is 2. The lowest BCUT2D eigenvalue weighted by Gasteiger charge is -2.25. The number of benzene rings is 1. The molecule has 0 saturated heterocycles. The number of hydrogen-bond acceptors (Lipinski definition) is 5. The summed E-state index contributed by atoms with van der Waals surface area (Å²) < 4.78 is 10.3. The van der Waals surface area contributed by atoms with Gasteiger partial charge in [-0.2, -0.15) is 0 Å². The van der Waals surface area contributed by atoms with Crippen molar-refractivity contribution in [3.05, 3.63) is 29.8 Å². The van der Waals surface area contributed by atoms with Crippen molar-refractivity contribution in [2.24, 2.45) is 5.92 Å². The van der Waals surface area contributed by atoms with Gasteiger partial charge in [-0.1, -0.05) is 53.4 Å². The van der Waals surface area contributed by atoms with Gasteiger partial charge >= 0.3 is 11.9 Å². The van der Waals surface area contributed by atoms with Gasteiger partial charge < -0.3 is 14.4 Å². The maximum Gasteiger partial charge on any atom is 0.338 e. The quantitative estimate of drug-likeness (QED) is 0.280. The fourth-order valence-electron chi connectivity index (χ4n) is 2.95. The highest BCUT2D eigenvalue weighted by Gasteiger charge is 2.13. The number of rotatable bonds is 15. The third-order valence-electron chi connectivity index (χ3n) is 5.11. The zero-order valence-electron chi connectivity index (χ0n) is 18.7. The van der Waals surface area contributed by atoms with E-state index in [2.05, 4.69) is 18.7 Å². The van der Waals surface area contributed by atoms with Crippen LogP contribution in [0.3, 0.4) is 0 Å². The average molecular weight is 406 g/mol. The van der Waals surface area contributed by atoms with Crippen LogP contribution in [0.5, 0.6) is 0 Å². The van der Waals surface area contributed by atoms with Crippen molar-refractivity contribution in [1.29, 1.82) is 0 Å². The van der Waals surface area contributed by atoms with Crippen LogP contribution in [-0.2, 0) is 14.3 Å². The van der Waals surface area contributed by atoms with E-state index in [1.807, 2.05) is 38.1 Å². The molecule has 0 aliphatic rings. The molecule has 0 spiro atoms. The van der Waals surface area contributed by atoms with Crippen LogP contribution in [0.15, 0.2) is 24.3 Å². The highest BCUT2D eigenvalue weighted by atomic mass is 16.6.